The predicted octanol–water partition coefficient (Wildman–Crippen LogP) is 2.66. The molecule has 2 aliphatic rings. The average Bonchev–Trinajstić information content (AvgIpc) is 2.78. The van der Waals surface area contributed by atoms with Crippen molar-refractivity contribution in [1.82, 2.24) is 15.1 Å². The number of benzene rings is 1. The van der Waals surface area contributed by atoms with Crippen LogP contribution >= 0.6 is 0 Å². The van der Waals surface area contributed by atoms with Crippen molar-refractivity contribution in [3.05, 3.63) is 29.8 Å². The lowest BCUT2D eigenvalue weighted by atomic mass is 9.80. The number of carbonyl (C=O) groups is 3. The summed E-state index contributed by atoms with van der Waals surface area (Å²) >= 11 is 0. The number of nitrogens with one attached hydrogen (secondary N) is 1. The van der Waals surface area contributed by atoms with Gasteiger partial charge in [-0.05, 0) is 49.3 Å². The highest BCUT2D eigenvalue weighted by Crippen LogP contribution is 2.34. The van der Waals surface area contributed by atoms with Gasteiger partial charge in [0.05, 0.1) is 0 Å². The van der Waals surface area contributed by atoms with Crippen LogP contribution in [-0.4, -0.2) is 70.5 Å². The van der Waals surface area contributed by atoms with E-state index in [1.165, 1.54) is 0 Å². The number of hydrogen-bond donors (Lipinski definition) is 2. The summed E-state index contributed by atoms with van der Waals surface area (Å²) in [6.07, 6.45) is 3.80. The lowest BCUT2D eigenvalue weighted by Crippen LogP contribution is -2.73. The lowest BCUT2D eigenvalue weighted by Gasteiger charge is -2.52. The second-order valence-corrected chi connectivity index (χ2v) is 9.63. The summed E-state index contributed by atoms with van der Waals surface area (Å²) < 4.78 is 5.19. The molecule has 0 bridgehead atoms. The van der Waals surface area contributed by atoms with Crippen molar-refractivity contribution in [2.45, 2.75) is 71.0 Å². The van der Waals surface area contributed by atoms with Crippen LogP contribution in [0, 0.1) is 5.92 Å². The van der Waals surface area contributed by atoms with Crippen molar-refractivity contribution in [2.24, 2.45) is 5.92 Å². The maximum Gasteiger partial charge on any atom is 0.341 e. The van der Waals surface area contributed by atoms with E-state index in [4.69, 9.17) is 9.84 Å². The molecule has 1 aromatic rings. The molecule has 0 aliphatic carbocycles. The molecule has 0 radical (unpaired) electrons. The van der Waals surface area contributed by atoms with Gasteiger partial charge in [0.1, 0.15) is 17.3 Å². The summed E-state index contributed by atoms with van der Waals surface area (Å²) in [5.74, 6) is -0.0663. The number of carboxylic acid groups (broad SMARTS) is 1. The number of rotatable bonds is 10. The minimum Gasteiger partial charge on any atom is -0.482 e. The van der Waals surface area contributed by atoms with Crippen LogP contribution in [0.4, 0.5) is 0 Å². The second kappa shape index (κ2) is 11.0. The number of aliphatic carboxylic acids is 1. The van der Waals surface area contributed by atoms with E-state index >= 15 is 0 Å². The molecule has 2 aliphatic heterocycles. The zero-order valence-corrected chi connectivity index (χ0v) is 20.0. The van der Waals surface area contributed by atoms with E-state index < -0.39 is 17.6 Å². The first-order valence-corrected chi connectivity index (χ1v) is 12.0. The molecule has 33 heavy (non-hydrogen) atoms. The van der Waals surface area contributed by atoms with Crippen LogP contribution < -0.4 is 10.1 Å². The number of hydrogen-bond acceptors (Lipinski definition) is 5. The zero-order valence-electron chi connectivity index (χ0n) is 20.0. The van der Waals surface area contributed by atoms with Gasteiger partial charge in [0.2, 0.25) is 11.8 Å². The van der Waals surface area contributed by atoms with Gasteiger partial charge in [-0.25, -0.2) is 4.79 Å². The maximum absolute atomic E-state index is 13.3. The van der Waals surface area contributed by atoms with Gasteiger partial charge in [-0.1, -0.05) is 39.3 Å². The van der Waals surface area contributed by atoms with Gasteiger partial charge in [0.25, 0.3) is 0 Å². The lowest BCUT2D eigenvalue weighted by molar-refractivity contribution is -0.161. The summed E-state index contributed by atoms with van der Waals surface area (Å²) in [7, 11) is 0. The Morgan fingerprint density at radius 3 is 2.45 bits per heavy atom. The first-order valence-electron chi connectivity index (χ1n) is 12.0. The molecular formula is C25H37N3O5. The molecule has 1 atom stereocenters. The van der Waals surface area contributed by atoms with Gasteiger partial charge < -0.3 is 20.1 Å². The Hall–Kier alpha value is -2.61. The van der Waals surface area contributed by atoms with E-state index in [9.17, 15) is 14.4 Å². The molecular weight excluding hydrogens is 422 g/mol. The highest BCUT2D eigenvalue weighted by atomic mass is 16.5. The van der Waals surface area contributed by atoms with Crippen LogP contribution in [0.3, 0.4) is 0 Å². The number of carbonyl (C=O) groups excluding carboxylic acids is 2. The van der Waals surface area contributed by atoms with Crippen molar-refractivity contribution in [1.29, 1.82) is 0 Å². The highest BCUT2D eigenvalue weighted by Gasteiger charge is 2.53. The smallest absolute Gasteiger partial charge is 0.341 e. The Balaban J connectivity index is 1.64. The first-order chi connectivity index (χ1) is 15.7. The number of likely N-dealkylation sites (tertiary alicyclic amines) is 1. The van der Waals surface area contributed by atoms with Crippen molar-refractivity contribution in [3.8, 4) is 5.75 Å². The minimum atomic E-state index is -1.00. The predicted molar refractivity (Wildman–Crippen MR) is 125 cm³/mol. The molecule has 2 saturated heterocycles. The van der Waals surface area contributed by atoms with Crippen molar-refractivity contribution < 1.29 is 24.2 Å². The first kappa shape index (κ1) is 25.0. The molecule has 2 fully saturated rings. The van der Waals surface area contributed by atoms with Crippen LogP contribution in [0.5, 0.6) is 5.75 Å². The molecule has 0 saturated carbocycles. The normalized spacial score (nSPS) is 20.8. The van der Waals surface area contributed by atoms with Crippen LogP contribution in [0.15, 0.2) is 24.3 Å². The summed E-state index contributed by atoms with van der Waals surface area (Å²) in [4.78, 5) is 41.5. The molecule has 1 aromatic carbocycles. The van der Waals surface area contributed by atoms with Gasteiger partial charge in [0, 0.05) is 26.2 Å². The largest absolute Gasteiger partial charge is 0.482 e. The van der Waals surface area contributed by atoms with Gasteiger partial charge in [0.15, 0.2) is 6.61 Å². The number of piperazine rings is 1. The molecule has 2 amide bonds. The summed E-state index contributed by atoms with van der Waals surface area (Å²) in [6, 6.07) is 7.00. The van der Waals surface area contributed by atoms with Crippen LogP contribution in [0.2, 0.25) is 0 Å². The number of carboxylic acids is 1. The Morgan fingerprint density at radius 1 is 1.21 bits per heavy atom. The number of amides is 2. The minimum absolute atomic E-state index is 0.00318. The maximum atomic E-state index is 13.3. The third kappa shape index (κ3) is 6.05. The van der Waals surface area contributed by atoms with Crippen molar-refractivity contribution in [3.63, 3.8) is 0 Å². The molecule has 3 rings (SSSR count). The molecule has 2 N–H and O–H groups in total. The van der Waals surface area contributed by atoms with Gasteiger partial charge in [-0.15, -0.1) is 0 Å². The molecule has 1 spiro atoms. The fraction of sp³-hybridized carbons (Fsp3) is 0.640. The van der Waals surface area contributed by atoms with E-state index in [1.807, 2.05) is 17.0 Å². The third-order valence-electron chi connectivity index (χ3n) is 6.63. The number of nitrogens with zero attached hydrogens (tertiary/aromatic N) is 2. The molecule has 182 valence electrons. The molecule has 8 heteroatoms. The SMILES string of the molecule is CCCCN1C(=O)[C@H](CC(C)C)NC(=O)C12CCN(Cc1ccc(OCC(=O)O)cc1)CC2. The van der Waals surface area contributed by atoms with Crippen LogP contribution in [-0.2, 0) is 20.9 Å². The van der Waals surface area contributed by atoms with E-state index in [1.54, 1.807) is 12.1 Å². The van der Waals surface area contributed by atoms with Gasteiger partial charge >= 0.3 is 5.97 Å². The standard InChI is InChI=1S/C25H37N3O5/c1-4-5-12-28-23(31)21(15-18(2)3)26-24(32)25(28)10-13-27(14-11-25)16-19-6-8-20(9-7-19)33-17-22(29)30/h6-9,18,21H,4-5,10-17H2,1-3H3,(H,26,32)(H,29,30)/t21-/m0/s1. The Kier molecular flexibility index (Phi) is 8.35. The van der Waals surface area contributed by atoms with Crippen LogP contribution in [0.25, 0.3) is 0 Å². The quantitative estimate of drug-likeness (QED) is 0.558. The Labute approximate surface area is 196 Å². The summed E-state index contributed by atoms with van der Waals surface area (Å²) in [5.41, 5.74) is 0.350. The van der Waals surface area contributed by atoms with Crippen molar-refractivity contribution in [2.75, 3.05) is 26.2 Å². The fourth-order valence-electron chi connectivity index (χ4n) is 4.82. The van der Waals surface area contributed by atoms with Crippen molar-refractivity contribution >= 4 is 17.8 Å². The van der Waals surface area contributed by atoms with E-state index in [0.717, 1.165) is 38.0 Å². The Morgan fingerprint density at radius 2 is 1.88 bits per heavy atom. The number of piperidine rings is 1. The average molecular weight is 460 g/mol. The Bertz CT molecular complexity index is 831. The molecule has 0 unspecified atom stereocenters. The molecule has 2 heterocycles. The third-order valence-corrected chi connectivity index (χ3v) is 6.63. The highest BCUT2D eigenvalue weighted by molar-refractivity contribution is 6.00. The zero-order chi connectivity index (χ0) is 24.0. The summed E-state index contributed by atoms with van der Waals surface area (Å²) in [5, 5.41) is 11.8. The van der Waals surface area contributed by atoms with E-state index in [-0.39, 0.29) is 18.4 Å². The van der Waals surface area contributed by atoms with Gasteiger partial charge in [-0.2, -0.15) is 0 Å². The van der Waals surface area contributed by atoms with E-state index in [2.05, 4.69) is 31.0 Å². The van der Waals surface area contributed by atoms with E-state index in [0.29, 0.717) is 37.5 Å². The molecule has 8 nitrogen and oxygen atoms in total. The topological polar surface area (TPSA) is 99.2 Å². The fourth-order valence-corrected chi connectivity index (χ4v) is 4.82. The second-order valence-electron chi connectivity index (χ2n) is 9.63. The molecule has 0 aromatic heterocycles. The summed E-state index contributed by atoms with van der Waals surface area (Å²) in [6.45, 7) is 8.72. The monoisotopic (exact) mass is 459 g/mol. The van der Waals surface area contributed by atoms with Crippen LogP contribution in [0.1, 0.15) is 58.4 Å². The number of unbranched alkanes of at least 4 members (excludes halogenated alkanes) is 1. The number of ether oxygens (including phenoxy) is 1. The van der Waals surface area contributed by atoms with Gasteiger partial charge in [-0.3, -0.25) is 14.5 Å².